The van der Waals surface area contributed by atoms with Crippen molar-refractivity contribution in [1.82, 2.24) is 0 Å². The Morgan fingerprint density at radius 3 is 1.02 bits per heavy atom. The highest BCUT2D eigenvalue weighted by atomic mass is 16.6. The number of hydrogen-bond donors (Lipinski definition) is 0. The molecule has 6 nitrogen and oxygen atoms in total. The maximum absolute atomic E-state index is 12.7. The van der Waals surface area contributed by atoms with Gasteiger partial charge < -0.3 is 14.2 Å². The first-order valence-corrected chi connectivity index (χ1v) is 22.2. The molecule has 0 fully saturated rings. The Hall–Kier alpha value is -1.59. The molecule has 0 heterocycles. The molecule has 0 aromatic carbocycles. The number of hydrogen-bond acceptors (Lipinski definition) is 6. The van der Waals surface area contributed by atoms with Gasteiger partial charge in [0.2, 0.25) is 0 Å². The first kappa shape index (κ1) is 49.4. The lowest BCUT2D eigenvalue weighted by Gasteiger charge is -2.18. The minimum absolute atomic E-state index is 0.0675. The SMILES string of the molecule is CCC(C)CCCCCCCCCCC(=O)OC[C@H](COC(=O)CCCCCCCCC(C)C)OC(=O)CCCCCCCCCCC(C)CC. The van der Waals surface area contributed by atoms with Crippen LogP contribution in [0, 0.1) is 17.8 Å². The van der Waals surface area contributed by atoms with Gasteiger partial charge in [0, 0.05) is 19.3 Å². The van der Waals surface area contributed by atoms with Crippen LogP contribution in [0.15, 0.2) is 0 Å². The molecule has 302 valence electrons. The van der Waals surface area contributed by atoms with Crippen LogP contribution >= 0.6 is 0 Å². The van der Waals surface area contributed by atoms with Crippen molar-refractivity contribution in [3.8, 4) is 0 Å². The highest BCUT2D eigenvalue weighted by Crippen LogP contribution is 2.17. The van der Waals surface area contributed by atoms with E-state index in [2.05, 4.69) is 41.5 Å². The third-order valence-corrected chi connectivity index (χ3v) is 10.6. The van der Waals surface area contributed by atoms with Crippen molar-refractivity contribution in [2.45, 2.75) is 240 Å². The predicted octanol–water partition coefficient (Wildman–Crippen LogP) is 13.7. The number of carbonyl (C=O) groups excluding carboxylic acids is 3. The summed E-state index contributed by atoms with van der Waals surface area (Å²) in [6.07, 6.45) is 32.3. The van der Waals surface area contributed by atoms with Gasteiger partial charge in [0.25, 0.3) is 0 Å². The molecule has 0 radical (unpaired) electrons. The molecule has 0 aliphatic heterocycles. The minimum Gasteiger partial charge on any atom is -0.462 e. The van der Waals surface area contributed by atoms with E-state index in [0.29, 0.717) is 19.3 Å². The van der Waals surface area contributed by atoms with Gasteiger partial charge in [0.15, 0.2) is 6.10 Å². The summed E-state index contributed by atoms with van der Waals surface area (Å²) in [5, 5.41) is 0. The third-order valence-electron chi connectivity index (χ3n) is 10.6. The van der Waals surface area contributed by atoms with Crippen LogP contribution < -0.4 is 0 Å². The number of rotatable bonds is 38. The lowest BCUT2D eigenvalue weighted by Crippen LogP contribution is -2.30. The fraction of sp³-hybridized carbons (Fsp3) is 0.933. The average molecular weight is 723 g/mol. The Balaban J connectivity index is 4.37. The zero-order valence-electron chi connectivity index (χ0n) is 34.9. The van der Waals surface area contributed by atoms with E-state index < -0.39 is 6.10 Å². The Morgan fingerprint density at radius 1 is 0.392 bits per heavy atom. The summed E-state index contributed by atoms with van der Waals surface area (Å²) in [4.78, 5) is 37.6. The van der Waals surface area contributed by atoms with Crippen LogP contribution in [-0.2, 0) is 28.6 Å². The van der Waals surface area contributed by atoms with E-state index in [4.69, 9.17) is 14.2 Å². The molecule has 0 aromatic heterocycles. The van der Waals surface area contributed by atoms with E-state index in [1.807, 2.05) is 0 Å². The zero-order chi connectivity index (χ0) is 37.8. The van der Waals surface area contributed by atoms with Gasteiger partial charge in [0.1, 0.15) is 13.2 Å². The second-order valence-electron chi connectivity index (χ2n) is 16.3. The van der Waals surface area contributed by atoms with Crippen molar-refractivity contribution in [2.24, 2.45) is 17.8 Å². The maximum Gasteiger partial charge on any atom is 0.306 e. The van der Waals surface area contributed by atoms with Crippen LogP contribution in [0.5, 0.6) is 0 Å². The largest absolute Gasteiger partial charge is 0.462 e. The Labute approximate surface area is 317 Å². The number of unbranched alkanes of at least 4 members (excludes halogenated alkanes) is 19. The van der Waals surface area contributed by atoms with Crippen molar-refractivity contribution >= 4 is 17.9 Å². The summed E-state index contributed by atoms with van der Waals surface area (Å²) in [5.74, 6) is 1.59. The van der Waals surface area contributed by atoms with Crippen molar-refractivity contribution in [3.63, 3.8) is 0 Å². The van der Waals surface area contributed by atoms with Gasteiger partial charge in [-0.3, -0.25) is 14.4 Å². The van der Waals surface area contributed by atoms with Crippen molar-refractivity contribution < 1.29 is 28.6 Å². The zero-order valence-corrected chi connectivity index (χ0v) is 34.9. The second-order valence-corrected chi connectivity index (χ2v) is 16.3. The summed E-state index contributed by atoms with van der Waals surface area (Å²) in [6, 6.07) is 0. The van der Waals surface area contributed by atoms with Gasteiger partial charge in [-0.25, -0.2) is 0 Å². The summed E-state index contributed by atoms with van der Waals surface area (Å²) in [5.41, 5.74) is 0. The smallest absolute Gasteiger partial charge is 0.306 e. The second kappa shape index (κ2) is 36.8. The molecule has 0 aromatic rings. The van der Waals surface area contributed by atoms with Crippen LogP contribution in [0.2, 0.25) is 0 Å². The van der Waals surface area contributed by atoms with E-state index in [0.717, 1.165) is 75.5 Å². The van der Waals surface area contributed by atoms with Crippen LogP contribution in [0.1, 0.15) is 234 Å². The Kier molecular flexibility index (Phi) is 35.6. The highest BCUT2D eigenvalue weighted by molar-refractivity contribution is 5.71. The molecule has 6 heteroatoms. The molecule has 0 saturated carbocycles. The standard InChI is InChI=1S/C45H86O6/c1-7-40(5)32-26-20-13-9-11-15-22-28-34-43(46)49-37-42(38-50-44(47)35-29-23-18-17-19-25-31-39(3)4)51-45(48)36-30-24-16-12-10-14-21-27-33-41(6)8-2/h39-42H,7-38H2,1-6H3/t40?,41?,42-/m1/s1. The van der Waals surface area contributed by atoms with Crippen LogP contribution in [0.3, 0.4) is 0 Å². The molecular formula is C45H86O6. The van der Waals surface area contributed by atoms with Crippen molar-refractivity contribution in [2.75, 3.05) is 13.2 Å². The molecule has 2 unspecified atom stereocenters. The van der Waals surface area contributed by atoms with E-state index in [1.54, 1.807) is 0 Å². The highest BCUT2D eigenvalue weighted by Gasteiger charge is 2.19. The summed E-state index contributed by atoms with van der Waals surface area (Å²) < 4.78 is 16.7. The van der Waals surface area contributed by atoms with Crippen LogP contribution in [-0.4, -0.2) is 37.2 Å². The molecule has 51 heavy (non-hydrogen) atoms. The molecule has 0 bridgehead atoms. The van der Waals surface area contributed by atoms with Crippen LogP contribution in [0.4, 0.5) is 0 Å². The van der Waals surface area contributed by atoms with E-state index in [1.165, 1.54) is 116 Å². The normalized spacial score (nSPS) is 13.2. The number of ether oxygens (including phenoxy) is 3. The first-order valence-electron chi connectivity index (χ1n) is 22.2. The molecule has 0 aliphatic carbocycles. The summed E-state index contributed by atoms with van der Waals surface area (Å²) in [7, 11) is 0. The van der Waals surface area contributed by atoms with Gasteiger partial charge in [-0.05, 0) is 37.0 Å². The molecule has 0 N–H and O–H groups in total. The van der Waals surface area contributed by atoms with Gasteiger partial charge in [0.05, 0.1) is 0 Å². The monoisotopic (exact) mass is 723 g/mol. The van der Waals surface area contributed by atoms with Crippen molar-refractivity contribution in [1.29, 1.82) is 0 Å². The summed E-state index contributed by atoms with van der Waals surface area (Å²) in [6.45, 7) is 13.6. The molecular weight excluding hydrogens is 636 g/mol. The van der Waals surface area contributed by atoms with E-state index in [-0.39, 0.29) is 31.1 Å². The maximum atomic E-state index is 12.7. The van der Waals surface area contributed by atoms with Crippen LogP contribution in [0.25, 0.3) is 0 Å². The minimum atomic E-state index is -0.762. The van der Waals surface area contributed by atoms with Gasteiger partial charge in [-0.2, -0.15) is 0 Å². The fourth-order valence-electron chi connectivity index (χ4n) is 6.46. The van der Waals surface area contributed by atoms with Crippen molar-refractivity contribution in [3.05, 3.63) is 0 Å². The first-order chi connectivity index (χ1) is 24.7. The third kappa shape index (κ3) is 36.6. The molecule has 0 saturated heterocycles. The summed E-state index contributed by atoms with van der Waals surface area (Å²) >= 11 is 0. The fourth-order valence-corrected chi connectivity index (χ4v) is 6.46. The lowest BCUT2D eigenvalue weighted by atomic mass is 9.99. The van der Waals surface area contributed by atoms with Gasteiger partial charge in [-0.1, -0.05) is 196 Å². The molecule has 0 spiro atoms. The molecule has 0 rings (SSSR count). The van der Waals surface area contributed by atoms with Gasteiger partial charge >= 0.3 is 17.9 Å². The van der Waals surface area contributed by atoms with Gasteiger partial charge in [-0.15, -0.1) is 0 Å². The Bertz CT molecular complexity index is 796. The van der Waals surface area contributed by atoms with E-state index in [9.17, 15) is 14.4 Å². The Morgan fingerprint density at radius 2 is 0.686 bits per heavy atom. The number of carbonyl (C=O) groups is 3. The predicted molar refractivity (Wildman–Crippen MR) is 215 cm³/mol. The molecule has 3 atom stereocenters. The van der Waals surface area contributed by atoms with E-state index >= 15 is 0 Å². The molecule has 0 aliphatic rings. The lowest BCUT2D eigenvalue weighted by molar-refractivity contribution is -0.167. The molecule has 0 amide bonds. The topological polar surface area (TPSA) is 78.9 Å². The quantitative estimate of drug-likeness (QED) is 0.0359. The number of esters is 3. The average Bonchev–Trinajstić information content (AvgIpc) is 3.11.